The Balaban J connectivity index is 1.95. The first-order valence-corrected chi connectivity index (χ1v) is 7.78. The normalized spacial score (nSPS) is 22.9. The highest BCUT2D eigenvalue weighted by Crippen LogP contribution is 2.36. The number of amides is 2. The van der Waals surface area contributed by atoms with Gasteiger partial charge in [0.05, 0.1) is 0 Å². The first-order valence-electron chi connectivity index (χ1n) is 6.99. The molecule has 1 aliphatic heterocycles. The van der Waals surface area contributed by atoms with Crippen LogP contribution in [0.5, 0.6) is 0 Å². The van der Waals surface area contributed by atoms with E-state index in [1.807, 2.05) is 18.2 Å². The van der Waals surface area contributed by atoms with Crippen LogP contribution in [0.3, 0.4) is 0 Å². The van der Waals surface area contributed by atoms with Crippen molar-refractivity contribution in [2.75, 3.05) is 11.4 Å². The molecule has 3 rings (SSSR count). The lowest BCUT2D eigenvalue weighted by atomic mass is 10.0. The average molecular weight is 337 g/mol. The molecule has 0 bridgehead atoms. The van der Waals surface area contributed by atoms with Crippen molar-refractivity contribution >= 4 is 33.4 Å². The molecule has 2 aliphatic rings. The lowest BCUT2D eigenvalue weighted by Crippen LogP contribution is -2.59. The Hall–Kier alpha value is -1.36. The summed E-state index contributed by atoms with van der Waals surface area (Å²) in [6.07, 6.45) is 2.89. The third kappa shape index (κ3) is 2.46. The number of benzene rings is 1. The molecule has 1 aliphatic carbocycles. The second-order valence-corrected chi connectivity index (χ2v) is 6.35. The average Bonchev–Trinajstić information content (AvgIpc) is 3.25. The molecule has 0 radical (unpaired) electrons. The third-order valence-corrected chi connectivity index (χ3v) is 4.45. The Morgan fingerprint density at radius 2 is 2.10 bits per heavy atom. The number of rotatable bonds is 3. The Bertz CT molecular complexity index is 569. The van der Waals surface area contributed by atoms with Crippen LogP contribution in [0.2, 0.25) is 0 Å². The smallest absolute Gasteiger partial charge is 0.250 e. The quantitative estimate of drug-likeness (QED) is 0.920. The third-order valence-electron chi connectivity index (χ3n) is 3.96. The van der Waals surface area contributed by atoms with E-state index in [-0.39, 0.29) is 24.4 Å². The zero-order chi connectivity index (χ0) is 14.3. The van der Waals surface area contributed by atoms with Gasteiger partial charge in [0.1, 0.15) is 12.6 Å². The van der Waals surface area contributed by atoms with Crippen molar-refractivity contribution in [2.45, 2.75) is 32.2 Å². The van der Waals surface area contributed by atoms with Crippen molar-refractivity contribution in [3.05, 3.63) is 28.2 Å². The Morgan fingerprint density at radius 1 is 1.35 bits per heavy atom. The van der Waals surface area contributed by atoms with E-state index in [1.54, 1.807) is 4.90 Å². The number of carbonyl (C=O) groups excluding carboxylic acids is 2. The fraction of sp³-hybridized carbons (Fsp3) is 0.467. The van der Waals surface area contributed by atoms with E-state index in [0.717, 1.165) is 35.0 Å². The lowest BCUT2D eigenvalue weighted by Gasteiger charge is -2.33. The molecule has 1 saturated carbocycles. The summed E-state index contributed by atoms with van der Waals surface area (Å²) in [7, 11) is 0. The van der Waals surface area contributed by atoms with Crippen LogP contribution in [0, 0.1) is 5.92 Å². The summed E-state index contributed by atoms with van der Waals surface area (Å²) in [5.74, 6) is 0.297. The van der Waals surface area contributed by atoms with Gasteiger partial charge in [-0.2, -0.15) is 0 Å². The van der Waals surface area contributed by atoms with Gasteiger partial charge in [-0.25, -0.2) is 0 Å². The molecule has 2 amide bonds. The van der Waals surface area contributed by atoms with Gasteiger partial charge >= 0.3 is 0 Å². The number of halogens is 1. The van der Waals surface area contributed by atoms with Gasteiger partial charge in [0.2, 0.25) is 11.8 Å². The van der Waals surface area contributed by atoms with Gasteiger partial charge in [0.25, 0.3) is 0 Å². The minimum Gasteiger partial charge on any atom is -0.342 e. The number of carbonyl (C=O) groups is 2. The number of hydrogen-bond acceptors (Lipinski definition) is 2. The standard InChI is InChI=1S/C15H17BrN2O2/c1-2-9-7-11(16)5-6-12(9)18-8-13(19)17-14(15(18)20)10-3-4-10/h5-7,10,14H,2-4,8H2,1H3,(H,17,19). The van der Waals surface area contributed by atoms with Gasteiger partial charge in [-0.15, -0.1) is 0 Å². The van der Waals surface area contributed by atoms with Crippen molar-refractivity contribution in [1.29, 1.82) is 0 Å². The van der Waals surface area contributed by atoms with Gasteiger partial charge < -0.3 is 10.2 Å². The SMILES string of the molecule is CCc1cc(Br)ccc1N1CC(=O)NC(C2CC2)C1=O. The molecule has 0 spiro atoms. The summed E-state index contributed by atoms with van der Waals surface area (Å²) in [5.41, 5.74) is 1.94. The maximum Gasteiger partial charge on any atom is 0.250 e. The molecule has 1 heterocycles. The molecule has 1 unspecified atom stereocenters. The predicted molar refractivity (Wildman–Crippen MR) is 80.5 cm³/mol. The van der Waals surface area contributed by atoms with Crippen LogP contribution in [0.1, 0.15) is 25.3 Å². The Labute approximate surface area is 126 Å². The number of anilines is 1. The minimum atomic E-state index is -0.329. The molecule has 4 nitrogen and oxygen atoms in total. The van der Waals surface area contributed by atoms with Crippen molar-refractivity contribution < 1.29 is 9.59 Å². The molecule has 0 aromatic heterocycles. The van der Waals surface area contributed by atoms with Crippen LogP contribution in [-0.4, -0.2) is 24.4 Å². The van der Waals surface area contributed by atoms with Crippen molar-refractivity contribution in [3.8, 4) is 0 Å². The number of nitrogens with zero attached hydrogens (tertiary/aromatic N) is 1. The first-order chi connectivity index (χ1) is 9.60. The van der Waals surface area contributed by atoms with E-state index < -0.39 is 0 Å². The van der Waals surface area contributed by atoms with E-state index in [4.69, 9.17) is 0 Å². The maximum atomic E-state index is 12.6. The summed E-state index contributed by atoms with van der Waals surface area (Å²) in [6.45, 7) is 2.18. The maximum absolute atomic E-state index is 12.6. The molecule has 5 heteroatoms. The molecule has 1 saturated heterocycles. The molecule has 2 fully saturated rings. The summed E-state index contributed by atoms with van der Waals surface area (Å²) < 4.78 is 0.991. The van der Waals surface area contributed by atoms with Gasteiger partial charge in [-0.05, 0) is 48.9 Å². The lowest BCUT2D eigenvalue weighted by molar-refractivity contribution is -0.131. The molecule has 106 valence electrons. The van der Waals surface area contributed by atoms with E-state index in [1.165, 1.54) is 0 Å². The minimum absolute atomic E-state index is 0.0316. The Kier molecular flexibility index (Phi) is 3.54. The zero-order valence-electron chi connectivity index (χ0n) is 11.4. The van der Waals surface area contributed by atoms with Gasteiger partial charge in [0.15, 0.2) is 0 Å². The van der Waals surface area contributed by atoms with Gasteiger partial charge in [0, 0.05) is 10.2 Å². The molecule has 1 atom stereocenters. The van der Waals surface area contributed by atoms with E-state index >= 15 is 0 Å². The number of hydrogen-bond donors (Lipinski definition) is 1. The highest BCUT2D eigenvalue weighted by Gasteiger charge is 2.43. The summed E-state index contributed by atoms with van der Waals surface area (Å²) in [4.78, 5) is 26.1. The topological polar surface area (TPSA) is 49.4 Å². The van der Waals surface area contributed by atoms with E-state index in [0.29, 0.717) is 5.92 Å². The number of piperazine rings is 1. The van der Waals surface area contributed by atoms with Gasteiger partial charge in [-0.1, -0.05) is 22.9 Å². The number of nitrogens with one attached hydrogen (secondary N) is 1. The van der Waals surface area contributed by atoms with Crippen LogP contribution in [-0.2, 0) is 16.0 Å². The fourth-order valence-electron chi connectivity index (χ4n) is 2.72. The number of aryl methyl sites for hydroxylation is 1. The second-order valence-electron chi connectivity index (χ2n) is 5.43. The monoisotopic (exact) mass is 336 g/mol. The van der Waals surface area contributed by atoms with Crippen molar-refractivity contribution in [3.63, 3.8) is 0 Å². The van der Waals surface area contributed by atoms with E-state index in [9.17, 15) is 9.59 Å². The predicted octanol–water partition coefficient (Wildman–Crippen LogP) is 2.25. The summed E-state index contributed by atoms with van der Waals surface area (Å²) in [5, 5.41) is 2.84. The van der Waals surface area contributed by atoms with Crippen LogP contribution in [0.25, 0.3) is 0 Å². The fourth-order valence-corrected chi connectivity index (χ4v) is 3.13. The van der Waals surface area contributed by atoms with Crippen LogP contribution >= 0.6 is 15.9 Å². The van der Waals surface area contributed by atoms with E-state index in [2.05, 4.69) is 28.2 Å². The van der Waals surface area contributed by atoms with Crippen LogP contribution < -0.4 is 10.2 Å². The Morgan fingerprint density at radius 3 is 2.75 bits per heavy atom. The highest BCUT2D eigenvalue weighted by molar-refractivity contribution is 9.10. The van der Waals surface area contributed by atoms with Crippen molar-refractivity contribution in [2.24, 2.45) is 5.92 Å². The molecule has 1 aromatic carbocycles. The molecule has 20 heavy (non-hydrogen) atoms. The summed E-state index contributed by atoms with van der Waals surface area (Å²) >= 11 is 3.45. The van der Waals surface area contributed by atoms with Crippen molar-refractivity contribution in [1.82, 2.24) is 5.32 Å². The summed E-state index contributed by atoms with van der Waals surface area (Å²) in [6, 6.07) is 5.52. The largest absolute Gasteiger partial charge is 0.342 e. The molecule has 1 aromatic rings. The first kappa shape index (κ1) is 13.6. The van der Waals surface area contributed by atoms with Crippen LogP contribution in [0.15, 0.2) is 22.7 Å². The van der Waals surface area contributed by atoms with Crippen LogP contribution in [0.4, 0.5) is 5.69 Å². The molecule has 1 N–H and O–H groups in total. The highest BCUT2D eigenvalue weighted by atomic mass is 79.9. The van der Waals surface area contributed by atoms with Gasteiger partial charge in [-0.3, -0.25) is 9.59 Å². The second kappa shape index (κ2) is 5.20. The molecular formula is C15H17BrN2O2. The zero-order valence-corrected chi connectivity index (χ0v) is 12.9. The molecular weight excluding hydrogens is 320 g/mol.